The molecule has 0 radical (unpaired) electrons. The molecule has 3 nitrogen and oxygen atoms in total. The summed E-state index contributed by atoms with van der Waals surface area (Å²) in [5.74, 6) is 0.919. The van der Waals surface area contributed by atoms with Gasteiger partial charge in [-0.3, -0.25) is 4.68 Å². The predicted molar refractivity (Wildman–Crippen MR) is 58.9 cm³/mol. The second-order valence-corrected chi connectivity index (χ2v) is 3.43. The van der Waals surface area contributed by atoms with Crippen LogP contribution in [0.1, 0.15) is 5.56 Å². The lowest BCUT2D eigenvalue weighted by Gasteiger charge is -2.06. The third kappa shape index (κ3) is 2.84. The summed E-state index contributed by atoms with van der Waals surface area (Å²) in [6, 6.07) is 9.96. The number of ether oxygens (including phenoxy) is 1. The van der Waals surface area contributed by atoms with Gasteiger partial charge in [0, 0.05) is 12.4 Å². The van der Waals surface area contributed by atoms with Crippen LogP contribution < -0.4 is 4.74 Å². The smallest absolute Gasteiger partial charge is 0.119 e. The van der Waals surface area contributed by atoms with Gasteiger partial charge >= 0.3 is 0 Å². The van der Waals surface area contributed by atoms with Crippen molar-refractivity contribution in [3.63, 3.8) is 0 Å². The molecule has 78 valence electrons. The van der Waals surface area contributed by atoms with Crippen molar-refractivity contribution in [3.05, 3.63) is 48.3 Å². The Morgan fingerprint density at radius 1 is 1.33 bits per heavy atom. The van der Waals surface area contributed by atoms with Crippen LogP contribution in [0, 0.1) is 6.92 Å². The highest BCUT2D eigenvalue weighted by Gasteiger charge is 1.94. The van der Waals surface area contributed by atoms with Gasteiger partial charge in [-0.05, 0) is 30.7 Å². The average molecular weight is 202 g/mol. The zero-order valence-electron chi connectivity index (χ0n) is 8.76. The molecule has 0 aliphatic carbocycles. The highest BCUT2D eigenvalue weighted by molar-refractivity contribution is 5.27. The molecule has 0 N–H and O–H groups in total. The summed E-state index contributed by atoms with van der Waals surface area (Å²) in [6.07, 6.45) is 3.70. The lowest BCUT2D eigenvalue weighted by atomic mass is 10.2. The van der Waals surface area contributed by atoms with Gasteiger partial charge < -0.3 is 4.74 Å². The van der Waals surface area contributed by atoms with Crippen LogP contribution in [0.15, 0.2) is 42.7 Å². The lowest BCUT2D eigenvalue weighted by Crippen LogP contribution is -2.08. The predicted octanol–water partition coefficient (Wildman–Crippen LogP) is 2.27. The van der Waals surface area contributed by atoms with Gasteiger partial charge in [0.15, 0.2) is 0 Å². The Balaban J connectivity index is 1.83. The maximum Gasteiger partial charge on any atom is 0.119 e. The van der Waals surface area contributed by atoms with E-state index in [-0.39, 0.29) is 0 Å². The molecule has 0 spiro atoms. The Hall–Kier alpha value is -1.77. The molecule has 1 aromatic heterocycles. The summed E-state index contributed by atoms with van der Waals surface area (Å²) < 4.78 is 7.46. The van der Waals surface area contributed by atoms with Crippen LogP contribution in [0.4, 0.5) is 0 Å². The zero-order chi connectivity index (χ0) is 10.5. The zero-order valence-corrected chi connectivity index (χ0v) is 8.76. The van der Waals surface area contributed by atoms with Gasteiger partial charge in [0.2, 0.25) is 0 Å². The van der Waals surface area contributed by atoms with E-state index in [2.05, 4.69) is 18.1 Å². The molecular formula is C12H14N2O. The minimum atomic E-state index is 0.644. The fourth-order valence-electron chi connectivity index (χ4n) is 1.39. The Kier molecular flexibility index (Phi) is 3.02. The van der Waals surface area contributed by atoms with Crippen molar-refractivity contribution in [1.82, 2.24) is 9.78 Å². The molecule has 15 heavy (non-hydrogen) atoms. The fraction of sp³-hybridized carbons (Fsp3) is 0.250. The Morgan fingerprint density at radius 2 is 2.27 bits per heavy atom. The Bertz CT molecular complexity index is 409. The second-order valence-electron chi connectivity index (χ2n) is 3.43. The van der Waals surface area contributed by atoms with Crippen molar-refractivity contribution in [3.8, 4) is 5.75 Å². The van der Waals surface area contributed by atoms with Gasteiger partial charge in [-0.1, -0.05) is 12.1 Å². The first-order valence-electron chi connectivity index (χ1n) is 5.01. The van der Waals surface area contributed by atoms with Gasteiger partial charge in [-0.25, -0.2) is 0 Å². The number of nitrogens with zero attached hydrogens (tertiary/aromatic N) is 2. The highest BCUT2D eigenvalue weighted by atomic mass is 16.5. The first-order valence-corrected chi connectivity index (χ1v) is 5.01. The third-order valence-corrected chi connectivity index (χ3v) is 2.14. The van der Waals surface area contributed by atoms with Crippen LogP contribution in [0.2, 0.25) is 0 Å². The highest BCUT2D eigenvalue weighted by Crippen LogP contribution is 2.11. The first-order chi connectivity index (χ1) is 7.34. The van der Waals surface area contributed by atoms with E-state index >= 15 is 0 Å². The van der Waals surface area contributed by atoms with Gasteiger partial charge in [-0.2, -0.15) is 5.10 Å². The molecule has 0 saturated carbocycles. The van der Waals surface area contributed by atoms with Gasteiger partial charge in [0.1, 0.15) is 12.4 Å². The van der Waals surface area contributed by atoms with Gasteiger partial charge in [0.25, 0.3) is 0 Å². The molecule has 0 aliphatic heterocycles. The van der Waals surface area contributed by atoms with Crippen LogP contribution in [-0.4, -0.2) is 16.4 Å². The molecule has 2 rings (SSSR count). The van der Waals surface area contributed by atoms with E-state index in [9.17, 15) is 0 Å². The normalized spacial score (nSPS) is 10.2. The molecule has 0 unspecified atom stereocenters. The van der Waals surface area contributed by atoms with E-state index in [0.29, 0.717) is 6.61 Å². The number of aryl methyl sites for hydroxylation is 1. The molecule has 2 aromatic rings. The van der Waals surface area contributed by atoms with Crippen LogP contribution in [0.5, 0.6) is 5.75 Å². The SMILES string of the molecule is Cc1cccc(OCCn2cccn2)c1. The molecule has 1 heterocycles. The van der Waals surface area contributed by atoms with E-state index in [1.54, 1.807) is 6.20 Å². The third-order valence-electron chi connectivity index (χ3n) is 2.14. The minimum absolute atomic E-state index is 0.644. The maximum atomic E-state index is 5.60. The van der Waals surface area contributed by atoms with E-state index < -0.39 is 0 Å². The van der Waals surface area contributed by atoms with Crippen molar-refractivity contribution in [1.29, 1.82) is 0 Å². The monoisotopic (exact) mass is 202 g/mol. The number of rotatable bonds is 4. The van der Waals surface area contributed by atoms with Gasteiger partial charge in [0.05, 0.1) is 6.54 Å². The molecule has 0 fully saturated rings. The second kappa shape index (κ2) is 4.64. The Labute approximate surface area is 89.3 Å². The molecule has 0 bridgehead atoms. The molecule has 3 heteroatoms. The maximum absolute atomic E-state index is 5.60. The number of benzene rings is 1. The molecule has 0 atom stereocenters. The first kappa shape index (κ1) is 9.77. The lowest BCUT2D eigenvalue weighted by molar-refractivity contribution is 0.291. The van der Waals surface area contributed by atoms with Crippen molar-refractivity contribution in [2.75, 3.05) is 6.61 Å². The number of hydrogen-bond donors (Lipinski definition) is 0. The summed E-state index contributed by atoms with van der Waals surface area (Å²) in [6.45, 7) is 3.48. The van der Waals surface area contributed by atoms with Gasteiger partial charge in [-0.15, -0.1) is 0 Å². The molecule has 1 aromatic carbocycles. The summed E-state index contributed by atoms with van der Waals surface area (Å²) in [5, 5.41) is 4.10. The van der Waals surface area contributed by atoms with Crippen molar-refractivity contribution >= 4 is 0 Å². The average Bonchev–Trinajstić information content (AvgIpc) is 2.71. The number of aromatic nitrogens is 2. The summed E-state index contributed by atoms with van der Waals surface area (Å²) in [5.41, 5.74) is 1.21. The van der Waals surface area contributed by atoms with Crippen molar-refractivity contribution in [2.24, 2.45) is 0 Å². The minimum Gasteiger partial charge on any atom is -0.492 e. The number of hydrogen-bond acceptors (Lipinski definition) is 2. The molecular weight excluding hydrogens is 188 g/mol. The molecule has 0 saturated heterocycles. The fourth-order valence-corrected chi connectivity index (χ4v) is 1.39. The van der Waals surface area contributed by atoms with Crippen LogP contribution >= 0.6 is 0 Å². The van der Waals surface area contributed by atoms with Crippen LogP contribution in [0.3, 0.4) is 0 Å². The molecule has 0 aliphatic rings. The largest absolute Gasteiger partial charge is 0.492 e. The van der Waals surface area contributed by atoms with E-state index in [1.807, 2.05) is 35.1 Å². The quantitative estimate of drug-likeness (QED) is 0.760. The van der Waals surface area contributed by atoms with Crippen LogP contribution in [-0.2, 0) is 6.54 Å². The van der Waals surface area contributed by atoms with E-state index in [0.717, 1.165) is 12.3 Å². The topological polar surface area (TPSA) is 27.1 Å². The summed E-state index contributed by atoms with van der Waals surface area (Å²) in [7, 11) is 0. The standard InChI is InChI=1S/C12H14N2O/c1-11-4-2-5-12(10-11)15-9-8-14-7-3-6-13-14/h2-7,10H,8-9H2,1H3. The molecule has 0 amide bonds. The van der Waals surface area contributed by atoms with Crippen LogP contribution in [0.25, 0.3) is 0 Å². The Morgan fingerprint density at radius 3 is 3.00 bits per heavy atom. The van der Waals surface area contributed by atoms with E-state index in [1.165, 1.54) is 5.56 Å². The van der Waals surface area contributed by atoms with Crippen molar-refractivity contribution < 1.29 is 4.74 Å². The van der Waals surface area contributed by atoms with Crippen molar-refractivity contribution in [2.45, 2.75) is 13.5 Å². The summed E-state index contributed by atoms with van der Waals surface area (Å²) in [4.78, 5) is 0. The van der Waals surface area contributed by atoms with E-state index in [4.69, 9.17) is 4.74 Å². The summed E-state index contributed by atoms with van der Waals surface area (Å²) >= 11 is 0.